The van der Waals surface area contributed by atoms with Gasteiger partial charge < -0.3 is 15.2 Å². The molecule has 8 nitrogen and oxygen atoms in total. The van der Waals surface area contributed by atoms with Crippen molar-refractivity contribution in [2.45, 2.75) is 52.6 Å². The molecule has 0 aliphatic heterocycles. The summed E-state index contributed by atoms with van der Waals surface area (Å²) in [6, 6.07) is 14.2. The first-order valence-electron chi connectivity index (χ1n) is 12.5. The maximum Gasteiger partial charge on any atom is 0.296 e. The number of aromatic amines is 1. The van der Waals surface area contributed by atoms with E-state index >= 15 is 0 Å². The van der Waals surface area contributed by atoms with E-state index in [-0.39, 0.29) is 11.6 Å². The number of aliphatic hydroxyl groups is 1. The number of amides is 1. The number of carbonyl (C=O) groups is 1. The SMILES string of the molecule is Cc1cc(F)cc(Cc2nc(C(=O)Nc3cc(-c4cc(OCCCC(C)(C)O)ccc4C)ccn3)n[nH]2)c1. The molecule has 198 valence electrons. The summed E-state index contributed by atoms with van der Waals surface area (Å²) in [7, 11) is 0. The van der Waals surface area contributed by atoms with Crippen molar-refractivity contribution < 1.29 is 19.0 Å². The van der Waals surface area contributed by atoms with E-state index in [2.05, 4.69) is 25.5 Å². The van der Waals surface area contributed by atoms with Crippen LogP contribution in [0.5, 0.6) is 5.75 Å². The summed E-state index contributed by atoms with van der Waals surface area (Å²) < 4.78 is 19.6. The van der Waals surface area contributed by atoms with Gasteiger partial charge in [-0.15, -0.1) is 5.10 Å². The fraction of sp³-hybridized carbons (Fsp3) is 0.310. The van der Waals surface area contributed by atoms with Gasteiger partial charge in [0.2, 0.25) is 5.82 Å². The molecule has 2 aromatic heterocycles. The summed E-state index contributed by atoms with van der Waals surface area (Å²) in [5.74, 6) is 0.686. The number of anilines is 1. The van der Waals surface area contributed by atoms with Crippen LogP contribution in [0.2, 0.25) is 0 Å². The third kappa shape index (κ3) is 7.45. The van der Waals surface area contributed by atoms with Crippen molar-refractivity contribution in [3.63, 3.8) is 0 Å². The molecule has 0 atom stereocenters. The van der Waals surface area contributed by atoms with Crippen molar-refractivity contribution >= 4 is 11.7 Å². The number of hydrogen-bond acceptors (Lipinski definition) is 6. The van der Waals surface area contributed by atoms with Gasteiger partial charge in [-0.25, -0.2) is 14.4 Å². The zero-order chi connectivity index (χ0) is 27.3. The molecule has 0 saturated heterocycles. The summed E-state index contributed by atoms with van der Waals surface area (Å²) in [4.78, 5) is 21.3. The van der Waals surface area contributed by atoms with Gasteiger partial charge in [0, 0.05) is 12.6 Å². The summed E-state index contributed by atoms with van der Waals surface area (Å²) in [6.45, 7) is 7.89. The van der Waals surface area contributed by atoms with E-state index in [1.165, 1.54) is 12.1 Å². The van der Waals surface area contributed by atoms with Crippen molar-refractivity contribution in [3.8, 4) is 16.9 Å². The lowest BCUT2D eigenvalue weighted by atomic mass is 10.0. The highest BCUT2D eigenvalue weighted by Gasteiger charge is 2.15. The molecule has 3 N–H and O–H groups in total. The van der Waals surface area contributed by atoms with Crippen molar-refractivity contribution in [2.24, 2.45) is 0 Å². The maximum atomic E-state index is 13.7. The number of pyridine rings is 1. The predicted molar refractivity (Wildman–Crippen MR) is 144 cm³/mol. The van der Waals surface area contributed by atoms with Crippen LogP contribution in [0, 0.1) is 19.7 Å². The number of aryl methyl sites for hydroxylation is 2. The Morgan fingerprint density at radius 1 is 1.13 bits per heavy atom. The molecule has 4 rings (SSSR count). The van der Waals surface area contributed by atoms with Crippen LogP contribution in [-0.4, -0.2) is 43.4 Å². The first-order valence-corrected chi connectivity index (χ1v) is 12.5. The Morgan fingerprint density at radius 2 is 1.95 bits per heavy atom. The molecule has 2 heterocycles. The first-order chi connectivity index (χ1) is 18.1. The second kappa shape index (κ2) is 11.5. The van der Waals surface area contributed by atoms with Crippen molar-refractivity contribution in [3.05, 3.63) is 88.9 Å². The average molecular weight is 518 g/mol. The van der Waals surface area contributed by atoms with Gasteiger partial charge in [-0.05, 0) is 105 Å². The summed E-state index contributed by atoms with van der Waals surface area (Å²) >= 11 is 0. The van der Waals surface area contributed by atoms with E-state index in [4.69, 9.17) is 4.74 Å². The topological polar surface area (TPSA) is 113 Å². The normalized spacial score (nSPS) is 11.4. The number of rotatable bonds is 10. The Hall–Kier alpha value is -4.11. The number of carbonyl (C=O) groups excluding carboxylic acids is 1. The molecule has 0 aliphatic carbocycles. The fourth-order valence-corrected chi connectivity index (χ4v) is 4.12. The summed E-state index contributed by atoms with van der Waals surface area (Å²) in [5.41, 5.74) is 3.69. The third-order valence-corrected chi connectivity index (χ3v) is 5.93. The third-order valence-electron chi connectivity index (χ3n) is 5.93. The quantitative estimate of drug-likeness (QED) is 0.243. The number of nitrogens with one attached hydrogen (secondary N) is 2. The Bertz CT molecular complexity index is 1410. The highest BCUT2D eigenvalue weighted by molar-refractivity contribution is 6.01. The maximum absolute atomic E-state index is 13.7. The highest BCUT2D eigenvalue weighted by Crippen LogP contribution is 2.29. The van der Waals surface area contributed by atoms with E-state index in [1.807, 2.05) is 44.2 Å². The number of H-pyrrole nitrogens is 1. The van der Waals surface area contributed by atoms with Crippen LogP contribution in [0.25, 0.3) is 11.1 Å². The molecule has 9 heteroatoms. The van der Waals surface area contributed by atoms with Gasteiger partial charge in [-0.2, -0.15) is 0 Å². The van der Waals surface area contributed by atoms with E-state index in [0.29, 0.717) is 31.1 Å². The molecule has 4 aromatic rings. The van der Waals surface area contributed by atoms with E-state index in [1.54, 1.807) is 26.1 Å². The van der Waals surface area contributed by atoms with Gasteiger partial charge >= 0.3 is 0 Å². The number of halogens is 1. The number of benzene rings is 2. The largest absolute Gasteiger partial charge is 0.494 e. The van der Waals surface area contributed by atoms with Crippen LogP contribution in [0.3, 0.4) is 0 Å². The highest BCUT2D eigenvalue weighted by atomic mass is 19.1. The molecule has 2 aromatic carbocycles. The minimum absolute atomic E-state index is 0.0297. The standard InChI is InChI=1S/C29H32FN5O3/c1-18-12-20(14-22(30)13-18)15-26-32-27(35-34-26)28(36)33-25-16-21(8-10-31-25)24-17-23(7-6-19(24)2)38-11-5-9-29(3,4)37/h6-8,10,12-14,16-17,37H,5,9,11,15H2,1-4H3,(H,31,33,36)(H,32,34,35). The fourth-order valence-electron chi connectivity index (χ4n) is 4.12. The van der Waals surface area contributed by atoms with Crippen LogP contribution in [0.1, 0.15) is 59.8 Å². The minimum atomic E-state index is -0.715. The molecule has 0 spiro atoms. The van der Waals surface area contributed by atoms with E-state index in [9.17, 15) is 14.3 Å². The Morgan fingerprint density at radius 3 is 2.71 bits per heavy atom. The van der Waals surface area contributed by atoms with Crippen LogP contribution in [-0.2, 0) is 6.42 Å². The zero-order valence-electron chi connectivity index (χ0n) is 22.0. The Labute approximate surface area is 221 Å². The molecular formula is C29H32FN5O3. The second-order valence-electron chi connectivity index (χ2n) is 10.0. The molecule has 0 unspecified atom stereocenters. The van der Waals surface area contributed by atoms with E-state index < -0.39 is 11.5 Å². The lowest BCUT2D eigenvalue weighted by molar-refractivity contribution is 0.0641. The zero-order valence-corrected chi connectivity index (χ0v) is 22.0. The van der Waals surface area contributed by atoms with E-state index in [0.717, 1.165) is 40.0 Å². The number of aromatic nitrogens is 4. The summed E-state index contributed by atoms with van der Waals surface area (Å²) in [5, 5.41) is 19.4. The van der Waals surface area contributed by atoms with Crippen LogP contribution in [0.4, 0.5) is 10.2 Å². The van der Waals surface area contributed by atoms with Gasteiger partial charge in [0.1, 0.15) is 23.2 Å². The molecule has 0 bridgehead atoms. The second-order valence-corrected chi connectivity index (χ2v) is 10.0. The predicted octanol–water partition coefficient (Wildman–Crippen LogP) is 5.40. The lowest BCUT2D eigenvalue weighted by Gasteiger charge is -2.17. The molecule has 0 saturated carbocycles. The minimum Gasteiger partial charge on any atom is -0.494 e. The number of nitrogens with zero attached hydrogens (tertiary/aromatic N) is 3. The van der Waals surface area contributed by atoms with Crippen LogP contribution in [0.15, 0.2) is 54.7 Å². The monoisotopic (exact) mass is 517 g/mol. The van der Waals surface area contributed by atoms with Gasteiger partial charge in [0.15, 0.2) is 0 Å². The molecule has 0 aliphatic rings. The van der Waals surface area contributed by atoms with Gasteiger partial charge in [-0.3, -0.25) is 9.89 Å². The van der Waals surface area contributed by atoms with Gasteiger partial charge in [0.05, 0.1) is 12.2 Å². The lowest BCUT2D eigenvalue weighted by Crippen LogP contribution is -2.19. The van der Waals surface area contributed by atoms with Gasteiger partial charge in [0.25, 0.3) is 5.91 Å². The Kier molecular flexibility index (Phi) is 8.16. The first kappa shape index (κ1) is 26.9. The smallest absolute Gasteiger partial charge is 0.296 e. The van der Waals surface area contributed by atoms with Gasteiger partial charge in [-0.1, -0.05) is 12.1 Å². The van der Waals surface area contributed by atoms with Crippen LogP contribution < -0.4 is 10.1 Å². The number of hydrogen-bond donors (Lipinski definition) is 3. The van der Waals surface area contributed by atoms with Crippen molar-refractivity contribution in [1.82, 2.24) is 20.2 Å². The molecular weight excluding hydrogens is 485 g/mol. The average Bonchev–Trinajstić information content (AvgIpc) is 3.30. The van der Waals surface area contributed by atoms with Crippen LogP contribution >= 0.6 is 0 Å². The summed E-state index contributed by atoms with van der Waals surface area (Å²) in [6.07, 6.45) is 3.33. The Balaban J connectivity index is 1.42. The van der Waals surface area contributed by atoms with Crippen molar-refractivity contribution in [1.29, 1.82) is 0 Å². The molecule has 0 fully saturated rings. The molecule has 1 amide bonds. The molecule has 0 radical (unpaired) electrons. The molecule has 38 heavy (non-hydrogen) atoms. The van der Waals surface area contributed by atoms with Crippen molar-refractivity contribution in [2.75, 3.05) is 11.9 Å². The number of ether oxygens (including phenoxy) is 1.